The van der Waals surface area contributed by atoms with E-state index in [4.69, 9.17) is 5.73 Å². The number of piperidine rings is 1. The highest BCUT2D eigenvalue weighted by atomic mass is 16.2. The van der Waals surface area contributed by atoms with Crippen LogP contribution in [0.3, 0.4) is 0 Å². The summed E-state index contributed by atoms with van der Waals surface area (Å²) in [5.41, 5.74) is 7.71. The maximum atomic E-state index is 12.4. The smallest absolute Gasteiger partial charge is 0.255 e. The van der Waals surface area contributed by atoms with E-state index in [9.17, 15) is 9.59 Å². The molecule has 2 amide bonds. The molecule has 7 heteroatoms. The zero-order valence-electron chi connectivity index (χ0n) is 14.3. The van der Waals surface area contributed by atoms with Crippen molar-refractivity contribution in [3.63, 3.8) is 0 Å². The maximum absolute atomic E-state index is 12.4. The predicted molar refractivity (Wildman–Crippen MR) is 88.1 cm³/mol. The standard InChI is InChI=1S/C16H27N5O2/c1-4-21-12(3)14(11(2)19-21)16(23)18-7-9-20-8-5-6-13(10-20)15(17)22/h13H,4-10H2,1-3H3,(H2,17,22)(H,18,23). The Morgan fingerprint density at radius 1 is 1.39 bits per heavy atom. The van der Waals surface area contributed by atoms with Gasteiger partial charge in [0, 0.05) is 31.9 Å². The molecule has 0 bridgehead atoms. The van der Waals surface area contributed by atoms with Gasteiger partial charge in [-0.1, -0.05) is 0 Å². The minimum atomic E-state index is -0.225. The fraction of sp³-hybridized carbons (Fsp3) is 0.688. The molecular weight excluding hydrogens is 294 g/mol. The average Bonchev–Trinajstić information content (AvgIpc) is 2.81. The largest absolute Gasteiger partial charge is 0.369 e. The lowest BCUT2D eigenvalue weighted by Gasteiger charge is -2.31. The zero-order chi connectivity index (χ0) is 17.0. The molecule has 1 fully saturated rings. The van der Waals surface area contributed by atoms with Gasteiger partial charge in [0.15, 0.2) is 0 Å². The van der Waals surface area contributed by atoms with Crippen molar-refractivity contribution in [3.8, 4) is 0 Å². The van der Waals surface area contributed by atoms with Crippen LogP contribution in [0.4, 0.5) is 0 Å². The van der Waals surface area contributed by atoms with E-state index < -0.39 is 0 Å². The summed E-state index contributed by atoms with van der Waals surface area (Å²) in [5, 5.41) is 7.33. The summed E-state index contributed by atoms with van der Waals surface area (Å²) in [6, 6.07) is 0. The van der Waals surface area contributed by atoms with Crippen LogP contribution >= 0.6 is 0 Å². The Balaban J connectivity index is 1.85. The van der Waals surface area contributed by atoms with Gasteiger partial charge in [-0.2, -0.15) is 5.10 Å². The molecule has 1 atom stereocenters. The number of hydrogen-bond donors (Lipinski definition) is 2. The lowest BCUT2D eigenvalue weighted by Crippen LogP contribution is -2.44. The molecule has 7 nitrogen and oxygen atoms in total. The van der Waals surface area contributed by atoms with Gasteiger partial charge in [-0.3, -0.25) is 14.3 Å². The van der Waals surface area contributed by atoms with Crippen LogP contribution in [0.1, 0.15) is 41.5 Å². The average molecular weight is 321 g/mol. The van der Waals surface area contributed by atoms with Gasteiger partial charge >= 0.3 is 0 Å². The van der Waals surface area contributed by atoms with Gasteiger partial charge in [0.05, 0.1) is 17.2 Å². The first-order valence-electron chi connectivity index (χ1n) is 8.27. The van der Waals surface area contributed by atoms with Crippen molar-refractivity contribution in [1.82, 2.24) is 20.0 Å². The van der Waals surface area contributed by atoms with Crippen molar-refractivity contribution in [2.45, 2.75) is 40.2 Å². The first kappa shape index (κ1) is 17.5. The van der Waals surface area contributed by atoms with E-state index in [0.717, 1.165) is 43.9 Å². The summed E-state index contributed by atoms with van der Waals surface area (Å²) >= 11 is 0. The molecule has 1 aromatic rings. The third kappa shape index (κ3) is 4.10. The number of carbonyl (C=O) groups excluding carboxylic acids is 2. The molecule has 1 aliphatic heterocycles. The molecule has 0 radical (unpaired) electrons. The van der Waals surface area contributed by atoms with Crippen molar-refractivity contribution in [2.75, 3.05) is 26.2 Å². The highest BCUT2D eigenvalue weighted by Gasteiger charge is 2.24. The number of rotatable bonds is 6. The highest BCUT2D eigenvalue weighted by Crippen LogP contribution is 2.15. The summed E-state index contributed by atoms with van der Waals surface area (Å²) < 4.78 is 1.84. The van der Waals surface area contributed by atoms with Crippen molar-refractivity contribution in [3.05, 3.63) is 17.0 Å². The van der Waals surface area contributed by atoms with E-state index in [2.05, 4.69) is 15.3 Å². The fourth-order valence-corrected chi connectivity index (χ4v) is 3.24. The van der Waals surface area contributed by atoms with Gasteiger partial charge in [-0.05, 0) is 40.2 Å². The fourth-order valence-electron chi connectivity index (χ4n) is 3.24. The number of primary amides is 1. The van der Waals surface area contributed by atoms with Crippen LogP contribution < -0.4 is 11.1 Å². The summed E-state index contributed by atoms with van der Waals surface area (Å²) in [5.74, 6) is -0.369. The van der Waals surface area contributed by atoms with Crippen LogP contribution in [-0.2, 0) is 11.3 Å². The van der Waals surface area contributed by atoms with Crippen molar-refractivity contribution < 1.29 is 9.59 Å². The van der Waals surface area contributed by atoms with E-state index in [1.165, 1.54) is 0 Å². The van der Waals surface area contributed by atoms with Crippen LogP contribution in [0.5, 0.6) is 0 Å². The second kappa shape index (κ2) is 7.59. The van der Waals surface area contributed by atoms with Crippen LogP contribution in [0.2, 0.25) is 0 Å². The third-order valence-electron chi connectivity index (χ3n) is 4.53. The monoisotopic (exact) mass is 321 g/mol. The summed E-state index contributed by atoms with van der Waals surface area (Å²) in [6.07, 6.45) is 1.84. The number of amides is 2. The molecule has 1 unspecified atom stereocenters. The molecule has 2 heterocycles. The predicted octanol–water partition coefficient (Wildman–Crippen LogP) is 0.447. The van der Waals surface area contributed by atoms with Gasteiger partial charge < -0.3 is 16.0 Å². The highest BCUT2D eigenvalue weighted by molar-refractivity contribution is 5.96. The van der Waals surface area contributed by atoms with Gasteiger partial charge in [0.25, 0.3) is 5.91 Å². The normalized spacial score (nSPS) is 18.8. The number of likely N-dealkylation sites (tertiary alicyclic amines) is 1. The van der Waals surface area contributed by atoms with E-state index in [-0.39, 0.29) is 17.7 Å². The number of nitrogens with one attached hydrogen (secondary N) is 1. The molecule has 23 heavy (non-hydrogen) atoms. The number of aromatic nitrogens is 2. The number of nitrogens with two attached hydrogens (primary N) is 1. The summed E-state index contributed by atoms with van der Waals surface area (Å²) in [6.45, 7) is 9.46. The molecule has 0 aromatic carbocycles. The van der Waals surface area contributed by atoms with Gasteiger partial charge in [-0.25, -0.2) is 0 Å². The Bertz CT molecular complexity index is 581. The first-order chi connectivity index (χ1) is 10.9. The first-order valence-corrected chi connectivity index (χ1v) is 8.27. The van der Waals surface area contributed by atoms with Crippen molar-refractivity contribution in [1.29, 1.82) is 0 Å². The lowest BCUT2D eigenvalue weighted by molar-refractivity contribution is -0.123. The second-order valence-corrected chi connectivity index (χ2v) is 6.16. The molecule has 3 N–H and O–H groups in total. The minimum absolute atomic E-state index is 0.0632. The number of nitrogens with zero attached hydrogens (tertiary/aromatic N) is 3. The van der Waals surface area contributed by atoms with Gasteiger partial charge in [0.2, 0.25) is 5.91 Å². The molecule has 2 rings (SSSR count). The molecule has 0 saturated carbocycles. The Morgan fingerprint density at radius 2 is 2.13 bits per heavy atom. The van der Waals surface area contributed by atoms with E-state index in [0.29, 0.717) is 18.7 Å². The van der Waals surface area contributed by atoms with Crippen molar-refractivity contribution in [2.24, 2.45) is 11.7 Å². The topological polar surface area (TPSA) is 93.2 Å². The van der Waals surface area contributed by atoms with Crippen LogP contribution in [0, 0.1) is 19.8 Å². The molecule has 0 spiro atoms. The van der Waals surface area contributed by atoms with E-state index >= 15 is 0 Å². The Labute approximate surface area is 137 Å². The third-order valence-corrected chi connectivity index (χ3v) is 4.53. The Hall–Kier alpha value is -1.89. The number of hydrogen-bond acceptors (Lipinski definition) is 4. The summed E-state index contributed by atoms with van der Waals surface area (Å²) in [4.78, 5) is 25.9. The maximum Gasteiger partial charge on any atom is 0.255 e. The van der Waals surface area contributed by atoms with Gasteiger partial charge in [-0.15, -0.1) is 0 Å². The van der Waals surface area contributed by atoms with E-state index in [1.54, 1.807) is 0 Å². The molecule has 1 saturated heterocycles. The Morgan fingerprint density at radius 3 is 2.74 bits per heavy atom. The minimum Gasteiger partial charge on any atom is -0.369 e. The van der Waals surface area contributed by atoms with E-state index in [1.807, 2.05) is 25.5 Å². The summed E-state index contributed by atoms with van der Waals surface area (Å²) in [7, 11) is 0. The molecule has 1 aromatic heterocycles. The van der Waals surface area contributed by atoms with Crippen LogP contribution in [-0.4, -0.2) is 52.7 Å². The van der Waals surface area contributed by atoms with Gasteiger partial charge in [0.1, 0.15) is 0 Å². The zero-order valence-corrected chi connectivity index (χ0v) is 14.3. The number of aryl methyl sites for hydroxylation is 2. The van der Waals surface area contributed by atoms with Crippen molar-refractivity contribution >= 4 is 11.8 Å². The second-order valence-electron chi connectivity index (χ2n) is 6.16. The van der Waals surface area contributed by atoms with Crippen LogP contribution in [0.25, 0.3) is 0 Å². The SMILES string of the molecule is CCn1nc(C)c(C(=O)NCCN2CCCC(C(N)=O)C2)c1C. The molecule has 1 aliphatic rings. The Kier molecular flexibility index (Phi) is 5.76. The molecular formula is C16H27N5O2. The quantitative estimate of drug-likeness (QED) is 0.795. The number of carbonyl (C=O) groups is 2. The van der Waals surface area contributed by atoms with Crippen LogP contribution in [0.15, 0.2) is 0 Å². The molecule has 0 aliphatic carbocycles. The molecule has 128 valence electrons. The lowest BCUT2D eigenvalue weighted by atomic mass is 9.97.